The van der Waals surface area contributed by atoms with E-state index in [0.717, 1.165) is 5.56 Å². The lowest BCUT2D eigenvalue weighted by molar-refractivity contribution is -0.136. The molecule has 1 heterocycles. The summed E-state index contributed by atoms with van der Waals surface area (Å²) < 4.78 is 4.47. The molecular formula is C12H13NO3. The molecule has 0 aliphatic rings. The van der Waals surface area contributed by atoms with E-state index in [-0.39, 0.29) is 6.42 Å². The number of oxazole rings is 1. The molecule has 2 rings (SSSR count). The van der Waals surface area contributed by atoms with Crippen molar-refractivity contribution in [3.8, 4) is 0 Å². The van der Waals surface area contributed by atoms with Crippen LogP contribution in [0, 0.1) is 0 Å². The first-order chi connectivity index (χ1) is 7.79. The number of hydrogen-bond acceptors (Lipinski definition) is 3. The lowest BCUT2D eigenvalue weighted by atomic mass is 10.1. The Morgan fingerprint density at radius 2 is 2.06 bits per heavy atom. The van der Waals surface area contributed by atoms with Crippen molar-refractivity contribution in [2.75, 3.05) is 0 Å². The molecule has 1 aromatic carbocycles. The maximum atomic E-state index is 10.2. The number of carbonyl (C=O) groups is 1. The molecule has 0 amide bonds. The minimum absolute atomic E-state index is 0.212. The number of nitrogens with zero attached hydrogens (tertiary/aromatic N) is 1. The van der Waals surface area contributed by atoms with Gasteiger partial charge in [0.1, 0.15) is 6.26 Å². The van der Waals surface area contributed by atoms with E-state index >= 15 is 0 Å². The topological polar surface area (TPSA) is 63.3 Å². The summed E-state index contributed by atoms with van der Waals surface area (Å²) in [6.07, 6.45) is 5.31. The Bertz CT molecular complexity index is 367. The number of hydrogen-bond donors (Lipinski definition) is 1. The van der Waals surface area contributed by atoms with Crippen LogP contribution in [-0.4, -0.2) is 16.1 Å². The number of carboxylic acid groups (broad SMARTS) is 1. The molecule has 0 aliphatic carbocycles. The number of aromatic nitrogens is 1. The van der Waals surface area contributed by atoms with Crippen LogP contribution in [0.4, 0.5) is 0 Å². The first-order valence-electron chi connectivity index (χ1n) is 4.87. The highest BCUT2D eigenvalue weighted by Gasteiger charge is 1.96. The smallest absolute Gasteiger partial charge is 0.303 e. The van der Waals surface area contributed by atoms with E-state index in [2.05, 4.69) is 9.40 Å². The number of benzene rings is 1. The Labute approximate surface area is 93.6 Å². The van der Waals surface area contributed by atoms with Gasteiger partial charge in [-0.1, -0.05) is 30.3 Å². The summed E-state index contributed by atoms with van der Waals surface area (Å²) in [7, 11) is 0. The molecular weight excluding hydrogens is 206 g/mol. The zero-order chi connectivity index (χ0) is 11.6. The molecule has 0 atom stereocenters. The molecule has 0 spiro atoms. The van der Waals surface area contributed by atoms with Gasteiger partial charge < -0.3 is 9.52 Å². The van der Waals surface area contributed by atoms with E-state index in [0.29, 0.717) is 6.42 Å². The maximum absolute atomic E-state index is 10.2. The van der Waals surface area contributed by atoms with Crippen LogP contribution in [-0.2, 0) is 11.2 Å². The second kappa shape index (κ2) is 7.23. The van der Waals surface area contributed by atoms with Crippen LogP contribution in [0.1, 0.15) is 12.0 Å². The summed E-state index contributed by atoms with van der Waals surface area (Å²) in [5.41, 5.74) is 1.08. The van der Waals surface area contributed by atoms with Crippen molar-refractivity contribution in [3.05, 3.63) is 54.7 Å². The van der Waals surface area contributed by atoms with Crippen molar-refractivity contribution < 1.29 is 14.3 Å². The van der Waals surface area contributed by atoms with Crippen LogP contribution in [0.2, 0.25) is 0 Å². The van der Waals surface area contributed by atoms with Gasteiger partial charge in [0.2, 0.25) is 0 Å². The van der Waals surface area contributed by atoms with Gasteiger partial charge in [0, 0.05) is 6.42 Å². The molecule has 4 heteroatoms. The fourth-order valence-corrected chi connectivity index (χ4v) is 1.07. The standard InChI is InChI=1S/C9H10O2.C3H3NO/c10-9(11)7-6-8-4-2-1-3-5-8;1-2-5-3-4-1/h1-5H,6-7H2,(H,10,11);1-3H. The second-order valence-electron chi connectivity index (χ2n) is 3.06. The average molecular weight is 219 g/mol. The van der Waals surface area contributed by atoms with Gasteiger partial charge in [-0.3, -0.25) is 4.79 Å². The van der Waals surface area contributed by atoms with Gasteiger partial charge in [-0.05, 0) is 12.0 Å². The molecule has 1 aromatic heterocycles. The van der Waals surface area contributed by atoms with Crippen molar-refractivity contribution in [1.82, 2.24) is 4.98 Å². The Morgan fingerprint density at radius 1 is 1.31 bits per heavy atom. The molecule has 0 unspecified atom stereocenters. The van der Waals surface area contributed by atoms with Gasteiger partial charge in [0.05, 0.1) is 6.20 Å². The van der Waals surface area contributed by atoms with E-state index in [1.807, 2.05) is 30.3 Å². The SMILES string of the molecule is O=C(O)CCc1ccccc1.c1cocn1. The second-order valence-corrected chi connectivity index (χ2v) is 3.06. The number of aliphatic carboxylic acids is 1. The largest absolute Gasteiger partial charge is 0.481 e. The zero-order valence-electron chi connectivity index (χ0n) is 8.74. The molecule has 0 fully saturated rings. The number of rotatable bonds is 3. The summed E-state index contributed by atoms with van der Waals surface area (Å²) in [5.74, 6) is -0.742. The highest BCUT2D eigenvalue weighted by atomic mass is 16.4. The van der Waals surface area contributed by atoms with E-state index in [1.54, 1.807) is 6.20 Å². The molecule has 0 aliphatic heterocycles. The Balaban J connectivity index is 0.000000212. The Hall–Kier alpha value is -2.10. The molecule has 16 heavy (non-hydrogen) atoms. The summed E-state index contributed by atoms with van der Waals surface area (Å²) in [6.45, 7) is 0. The van der Waals surface area contributed by atoms with Gasteiger partial charge in [-0.2, -0.15) is 0 Å². The van der Waals surface area contributed by atoms with Crippen molar-refractivity contribution in [1.29, 1.82) is 0 Å². The minimum atomic E-state index is -0.742. The van der Waals surface area contributed by atoms with E-state index in [1.165, 1.54) is 12.7 Å². The predicted molar refractivity (Wildman–Crippen MR) is 58.9 cm³/mol. The maximum Gasteiger partial charge on any atom is 0.303 e. The van der Waals surface area contributed by atoms with Crippen molar-refractivity contribution in [2.45, 2.75) is 12.8 Å². The molecule has 0 radical (unpaired) electrons. The predicted octanol–water partition coefficient (Wildman–Crippen LogP) is 2.38. The first-order valence-corrected chi connectivity index (χ1v) is 4.87. The number of carboxylic acids is 1. The molecule has 84 valence electrons. The van der Waals surface area contributed by atoms with Crippen LogP contribution in [0.5, 0.6) is 0 Å². The van der Waals surface area contributed by atoms with Crippen LogP contribution in [0.25, 0.3) is 0 Å². The molecule has 0 saturated heterocycles. The minimum Gasteiger partial charge on any atom is -0.481 e. The van der Waals surface area contributed by atoms with Crippen molar-refractivity contribution in [2.24, 2.45) is 0 Å². The fraction of sp³-hybridized carbons (Fsp3) is 0.167. The highest BCUT2D eigenvalue weighted by molar-refractivity contribution is 5.67. The molecule has 2 aromatic rings. The van der Waals surface area contributed by atoms with Crippen molar-refractivity contribution in [3.63, 3.8) is 0 Å². The third-order valence-corrected chi connectivity index (χ3v) is 1.82. The normalized spacial score (nSPS) is 9.00. The van der Waals surface area contributed by atoms with Crippen LogP contribution >= 0.6 is 0 Å². The van der Waals surface area contributed by atoms with E-state index in [9.17, 15) is 4.79 Å². The zero-order valence-corrected chi connectivity index (χ0v) is 8.74. The van der Waals surface area contributed by atoms with Crippen molar-refractivity contribution >= 4 is 5.97 Å². The molecule has 4 nitrogen and oxygen atoms in total. The third-order valence-electron chi connectivity index (χ3n) is 1.82. The monoisotopic (exact) mass is 219 g/mol. The Kier molecular flexibility index (Phi) is 5.41. The van der Waals surface area contributed by atoms with Gasteiger partial charge in [-0.15, -0.1) is 0 Å². The van der Waals surface area contributed by atoms with Crippen LogP contribution in [0.15, 0.2) is 53.6 Å². The lowest BCUT2D eigenvalue weighted by Gasteiger charge is -1.95. The summed E-state index contributed by atoms with van der Waals surface area (Å²) in [6, 6.07) is 9.62. The van der Waals surface area contributed by atoms with E-state index < -0.39 is 5.97 Å². The third kappa shape index (κ3) is 5.59. The van der Waals surface area contributed by atoms with Gasteiger partial charge in [-0.25, -0.2) is 4.98 Å². The van der Waals surface area contributed by atoms with Gasteiger partial charge in [0.25, 0.3) is 0 Å². The Morgan fingerprint density at radius 3 is 2.50 bits per heavy atom. The van der Waals surface area contributed by atoms with Crippen LogP contribution < -0.4 is 0 Å². The van der Waals surface area contributed by atoms with Gasteiger partial charge >= 0.3 is 5.97 Å². The summed E-state index contributed by atoms with van der Waals surface area (Å²) >= 11 is 0. The van der Waals surface area contributed by atoms with Gasteiger partial charge in [0.15, 0.2) is 6.39 Å². The number of aryl methyl sites for hydroxylation is 1. The van der Waals surface area contributed by atoms with Crippen LogP contribution in [0.3, 0.4) is 0 Å². The molecule has 1 N–H and O–H groups in total. The highest BCUT2D eigenvalue weighted by Crippen LogP contribution is 2.01. The fourth-order valence-electron chi connectivity index (χ4n) is 1.07. The summed E-state index contributed by atoms with van der Waals surface area (Å²) in [5, 5.41) is 8.37. The first kappa shape index (κ1) is 12.0. The quantitative estimate of drug-likeness (QED) is 0.860. The molecule has 0 bridgehead atoms. The van der Waals surface area contributed by atoms with E-state index in [4.69, 9.17) is 5.11 Å². The average Bonchev–Trinajstić information content (AvgIpc) is 2.86. The molecule has 0 saturated carbocycles. The lowest BCUT2D eigenvalue weighted by Crippen LogP contribution is -1.96. The summed E-state index contributed by atoms with van der Waals surface area (Å²) in [4.78, 5) is 13.7.